The molecule has 0 amide bonds. The average Bonchev–Trinajstić information content (AvgIpc) is 3.16. The molecule has 0 radical (unpaired) electrons. The van der Waals surface area contributed by atoms with E-state index in [4.69, 9.17) is 18.9 Å². The summed E-state index contributed by atoms with van der Waals surface area (Å²) in [5.74, 6) is 2.83. The van der Waals surface area contributed by atoms with Crippen molar-refractivity contribution in [1.82, 2.24) is 0 Å². The summed E-state index contributed by atoms with van der Waals surface area (Å²) in [6.07, 6.45) is 1.28. The Morgan fingerprint density at radius 2 is 2.00 bits per heavy atom. The first-order chi connectivity index (χ1) is 13.4. The van der Waals surface area contributed by atoms with Crippen molar-refractivity contribution in [3.05, 3.63) is 47.0 Å². The normalized spacial score (nSPS) is 19.1. The molecule has 0 aliphatic carbocycles. The van der Waals surface area contributed by atoms with Crippen molar-refractivity contribution in [3.63, 3.8) is 0 Å². The second kappa shape index (κ2) is 7.02. The average molecular weight is 384 g/mol. The maximum atomic E-state index is 13.1. The SMILES string of the molecule is COc1cccc(C(=O)C[C@@H]2c3c(cc4c(c3OC)OCO4)CC[N+]2(C)C)c1. The first-order valence-electron chi connectivity index (χ1n) is 9.44. The Balaban J connectivity index is 1.75. The Labute approximate surface area is 165 Å². The maximum absolute atomic E-state index is 13.1. The zero-order valence-corrected chi connectivity index (χ0v) is 16.8. The number of likely N-dealkylation sites (N-methyl/N-ethyl adjacent to an activating group) is 1. The van der Waals surface area contributed by atoms with E-state index in [0.717, 1.165) is 24.3 Å². The molecule has 2 heterocycles. The smallest absolute Gasteiger partial charge is 0.231 e. The lowest BCUT2D eigenvalue weighted by atomic mass is 9.86. The van der Waals surface area contributed by atoms with Gasteiger partial charge < -0.3 is 23.4 Å². The van der Waals surface area contributed by atoms with Crippen molar-refractivity contribution < 1.29 is 28.2 Å². The lowest BCUT2D eigenvalue weighted by molar-refractivity contribution is -0.922. The predicted molar refractivity (Wildman–Crippen MR) is 104 cm³/mol. The molecule has 2 aliphatic rings. The predicted octanol–water partition coefficient (Wildman–Crippen LogP) is 3.38. The van der Waals surface area contributed by atoms with Gasteiger partial charge in [-0.15, -0.1) is 0 Å². The molecule has 0 spiro atoms. The lowest BCUT2D eigenvalue weighted by Crippen LogP contribution is -2.48. The second-order valence-corrected chi connectivity index (χ2v) is 7.84. The second-order valence-electron chi connectivity index (χ2n) is 7.84. The molecule has 28 heavy (non-hydrogen) atoms. The number of fused-ring (bicyclic) bond motifs is 2. The van der Waals surface area contributed by atoms with Crippen molar-refractivity contribution in [2.45, 2.75) is 18.9 Å². The summed E-state index contributed by atoms with van der Waals surface area (Å²) in [4.78, 5) is 13.1. The number of quaternary nitrogens is 1. The van der Waals surface area contributed by atoms with Crippen LogP contribution >= 0.6 is 0 Å². The van der Waals surface area contributed by atoms with Crippen LogP contribution in [0.2, 0.25) is 0 Å². The van der Waals surface area contributed by atoms with Crippen LogP contribution in [0, 0.1) is 0 Å². The van der Waals surface area contributed by atoms with Crippen molar-refractivity contribution in [2.24, 2.45) is 0 Å². The minimum absolute atomic E-state index is 0.0353. The van der Waals surface area contributed by atoms with Gasteiger partial charge in [0.25, 0.3) is 0 Å². The third kappa shape index (κ3) is 3.07. The van der Waals surface area contributed by atoms with E-state index in [1.165, 1.54) is 5.56 Å². The molecule has 0 bridgehead atoms. The zero-order chi connectivity index (χ0) is 19.9. The summed E-state index contributed by atoms with van der Waals surface area (Å²) in [6.45, 7) is 1.13. The van der Waals surface area contributed by atoms with Crippen LogP contribution in [-0.2, 0) is 6.42 Å². The van der Waals surface area contributed by atoms with Gasteiger partial charge in [-0.25, -0.2) is 0 Å². The highest BCUT2D eigenvalue weighted by molar-refractivity contribution is 5.97. The molecule has 6 heteroatoms. The molecule has 2 aromatic carbocycles. The number of carbonyl (C=O) groups excluding carboxylic acids is 1. The molecule has 0 aromatic heterocycles. The first kappa shape index (κ1) is 18.6. The highest BCUT2D eigenvalue weighted by Gasteiger charge is 2.42. The fourth-order valence-corrected chi connectivity index (χ4v) is 4.21. The van der Waals surface area contributed by atoms with E-state index in [1.807, 2.05) is 24.3 Å². The van der Waals surface area contributed by atoms with Gasteiger partial charge in [0.15, 0.2) is 17.3 Å². The van der Waals surface area contributed by atoms with Gasteiger partial charge in [0, 0.05) is 12.0 Å². The van der Waals surface area contributed by atoms with Crippen LogP contribution in [0.4, 0.5) is 0 Å². The summed E-state index contributed by atoms with van der Waals surface area (Å²) < 4.78 is 23.0. The van der Waals surface area contributed by atoms with Crippen molar-refractivity contribution in [2.75, 3.05) is 41.7 Å². The number of rotatable bonds is 5. The lowest BCUT2D eigenvalue weighted by Gasteiger charge is -2.43. The molecule has 1 atom stereocenters. The van der Waals surface area contributed by atoms with E-state index in [-0.39, 0.29) is 18.6 Å². The minimum Gasteiger partial charge on any atom is -0.497 e. The summed E-state index contributed by atoms with van der Waals surface area (Å²) >= 11 is 0. The Morgan fingerprint density at radius 1 is 1.18 bits per heavy atom. The fourth-order valence-electron chi connectivity index (χ4n) is 4.21. The minimum atomic E-state index is -0.0353. The summed E-state index contributed by atoms with van der Waals surface area (Å²) in [5, 5.41) is 0. The van der Waals surface area contributed by atoms with E-state index in [9.17, 15) is 4.79 Å². The van der Waals surface area contributed by atoms with E-state index < -0.39 is 0 Å². The largest absolute Gasteiger partial charge is 0.497 e. The van der Waals surface area contributed by atoms with Crippen molar-refractivity contribution >= 4 is 5.78 Å². The molecule has 0 N–H and O–H groups in total. The molecule has 0 unspecified atom stereocenters. The van der Waals surface area contributed by atoms with Crippen LogP contribution in [0.3, 0.4) is 0 Å². The van der Waals surface area contributed by atoms with Crippen LogP contribution in [0.15, 0.2) is 30.3 Å². The molecule has 0 saturated carbocycles. The summed E-state index contributed by atoms with van der Waals surface area (Å²) in [5.41, 5.74) is 2.88. The number of methoxy groups -OCH3 is 2. The number of benzene rings is 2. The number of nitrogens with zero attached hydrogens (tertiary/aromatic N) is 1. The Bertz CT molecular complexity index is 921. The highest BCUT2D eigenvalue weighted by atomic mass is 16.7. The number of carbonyl (C=O) groups is 1. The molecule has 2 aliphatic heterocycles. The van der Waals surface area contributed by atoms with Crippen LogP contribution in [-0.4, -0.2) is 51.9 Å². The Morgan fingerprint density at radius 3 is 2.75 bits per heavy atom. The molecule has 6 nitrogen and oxygen atoms in total. The van der Waals surface area contributed by atoms with Crippen molar-refractivity contribution in [3.8, 4) is 23.0 Å². The molecular formula is C22H26NO5+. The van der Waals surface area contributed by atoms with Gasteiger partial charge in [-0.1, -0.05) is 12.1 Å². The van der Waals surface area contributed by atoms with Crippen LogP contribution < -0.4 is 18.9 Å². The Hall–Kier alpha value is -2.73. The van der Waals surface area contributed by atoms with Gasteiger partial charge in [0.05, 0.1) is 46.8 Å². The quantitative estimate of drug-likeness (QED) is 0.584. The molecule has 4 rings (SSSR count). The fraction of sp³-hybridized carbons (Fsp3) is 0.409. The third-order valence-electron chi connectivity index (χ3n) is 5.85. The first-order valence-corrected chi connectivity index (χ1v) is 9.44. The van der Waals surface area contributed by atoms with Gasteiger partial charge in [0.1, 0.15) is 11.8 Å². The number of hydrogen-bond donors (Lipinski definition) is 0. The van der Waals surface area contributed by atoms with E-state index in [2.05, 4.69) is 14.1 Å². The zero-order valence-electron chi connectivity index (χ0n) is 16.8. The highest BCUT2D eigenvalue weighted by Crippen LogP contribution is 2.51. The van der Waals surface area contributed by atoms with Gasteiger partial charge in [-0.2, -0.15) is 0 Å². The van der Waals surface area contributed by atoms with Crippen LogP contribution in [0.5, 0.6) is 23.0 Å². The van der Waals surface area contributed by atoms with Gasteiger partial charge in [-0.3, -0.25) is 4.79 Å². The van der Waals surface area contributed by atoms with Gasteiger partial charge >= 0.3 is 0 Å². The maximum Gasteiger partial charge on any atom is 0.231 e. The standard InChI is InChI=1S/C22H26NO5/c1-23(2)9-8-15-11-19-21(28-13-27-19)22(26-4)20(15)17(23)12-18(24)14-6-5-7-16(10-14)25-3/h5-7,10-11,17H,8-9,12-13H2,1-4H3/q+1/t17-/m1/s1. The monoisotopic (exact) mass is 384 g/mol. The van der Waals surface area contributed by atoms with Crippen LogP contribution in [0.25, 0.3) is 0 Å². The van der Waals surface area contributed by atoms with Gasteiger partial charge in [0.2, 0.25) is 12.5 Å². The summed E-state index contributed by atoms with van der Waals surface area (Å²) in [7, 11) is 7.58. The number of hydrogen-bond acceptors (Lipinski definition) is 5. The van der Waals surface area contributed by atoms with Gasteiger partial charge in [-0.05, 0) is 23.8 Å². The molecule has 148 valence electrons. The van der Waals surface area contributed by atoms with Crippen molar-refractivity contribution in [1.29, 1.82) is 0 Å². The topological polar surface area (TPSA) is 54.0 Å². The number of ketones is 1. The molecule has 2 aromatic rings. The molecule has 0 fully saturated rings. The number of Topliss-reactive ketones (excluding diaryl/α,β-unsaturated/α-hetero) is 1. The summed E-state index contributed by atoms with van der Waals surface area (Å²) in [6, 6.07) is 9.33. The van der Waals surface area contributed by atoms with E-state index in [1.54, 1.807) is 20.3 Å². The Kier molecular flexibility index (Phi) is 4.67. The van der Waals surface area contributed by atoms with E-state index >= 15 is 0 Å². The molecular weight excluding hydrogens is 358 g/mol. The molecule has 0 saturated heterocycles. The van der Waals surface area contributed by atoms with E-state index in [0.29, 0.717) is 33.7 Å². The number of ether oxygens (including phenoxy) is 4. The van der Waals surface area contributed by atoms with Crippen LogP contribution in [0.1, 0.15) is 33.9 Å². The third-order valence-corrected chi connectivity index (χ3v) is 5.85.